The second-order valence-corrected chi connectivity index (χ2v) is 6.24. The Balaban J connectivity index is 1.82. The summed E-state index contributed by atoms with van der Waals surface area (Å²) in [4.78, 5) is 11.9. The fraction of sp³-hybridized carbons (Fsp3) is 0.133. The molecule has 2 N–H and O–H groups in total. The molecule has 0 saturated carbocycles. The van der Waals surface area contributed by atoms with E-state index in [4.69, 9.17) is 0 Å². The molecule has 0 atom stereocenters. The Hall–Kier alpha value is -2.25. The zero-order valence-corrected chi connectivity index (χ0v) is 12.4. The van der Waals surface area contributed by atoms with Gasteiger partial charge >= 0.3 is 0 Å². The second kappa shape index (κ2) is 7.15. The van der Waals surface area contributed by atoms with Crippen LogP contribution in [0.25, 0.3) is 0 Å². The predicted octanol–water partition coefficient (Wildman–Crippen LogP) is 1.53. The quantitative estimate of drug-likeness (QED) is 0.792. The molecule has 0 aliphatic carbocycles. The van der Waals surface area contributed by atoms with Crippen molar-refractivity contribution in [3.8, 4) is 0 Å². The molecule has 1 amide bonds. The maximum absolute atomic E-state index is 12.7. The van der Waals surface area contributed by atoms with E-state index in [0.29, 0.717) is 5.56 Å². The van der Waals surface area contributed by atoms with Crippen LogP contribution < -0.4 is 10.0 Å². The van der Waals surface area contributed by atoms with Gasteiger partial charge in [-0.05, 0) is 36.4 Å². The van der Waals surface area contributed by atoms with Crippen molar-refractivity contribution in [1.29, 1.82) is 0 Å². The summed E-state index contributed by atoms with van der Waals surface area (Å²) < 4.78 is 39.0. The highest BCUT2D eigenvalue weighted by Crippen LogP contribution is 2.06. The first kappa shape index (κ1) is 16.1. The van der Waals surface area contributed by atoms with Crippen molar-refractivity contribution < 1.29 is 17.6 Å². The summed E-state index contributed by atoms with van der Waals surface area (Å²) in [6.45, 7) is 0.187. The third-order valence-electron chi connectivity index (χ3n) is 2.86. The number of sulfonamides is 1. The Morgan fingerprint density at radius 3 is 2.23 bits per heavy atom. The van der Waals surface area contributed by atoms with Gasteiger partial charge in [0.05, 0.1) is 4.90 Å². The highest BCUT2D eigenvalue weighted by Gasteiger charge is 2.12. The lowest BCUT2D eigenvalue weighted by atomic mass is 10.2. The van der Waals surface area contributed by atoms with E-state index < -0.39 is 15.8 Å². The first-order valence-corrected chi connectivity index (χ1v) is 8.06. The number of amides is 1. The molecule has 2 rings (SSSR count). The van der Waals surface area contributed by atoms with Crippen molar-refractivity contribution >= 4 is 15.9 Å². The molecular formula is C15H15FN2O3S. The molecule has 116 valence electrons. The summed E-state index contributed by atoms with van der Waals surface area (Å²) in [7, 11) is -3.58. The van der Waals surface area contributed by atoms with E-state index in [-0.39, 0.29) is 23.9 Å². The van der Waals surface area contributed by atoms with E-state index in [1.165, 1.54) is 36.4 Å². The van der Waals surface area contributed by atoms with Gasteiger partial charge in [0.15, 0.2) is 0 Å². The number of nitrogens with one attached hydrogen (secondary N) is 2. The Bertz CT molecular complexity index is 731. The van der Waals surface area contributed by atoms with E-state index >= 15 is 0 Å². The number of carbonyl (C=O) groups excluding carboxylic acids is 1. The van der Waals surface area contributed by atoms with Gasteiger partial charge in [0.2, 0.25) is 10.0 Å². The minimum Gasteiger partial charge on any atom is -0.351 e. The highest BCUT2D eigenvalue weighted by molar-refractivity contribution is 7.89. The van der Waals surface area contributed by atoms with Crippen LogP contribution in [0.15, 0.2) is 59.5 Å². The number of carbonyl (C=O) groups is 1. The van der Waals surface area contributed by atoms with Gasteiger partial charge in [-0.1, -0.05) is 18.2 Å². The van der Waals surface area contributed by atoms with Crippen LogP contribution in [0.4, 0.5) is 4.39 Å². The first-order valence-electron chi connectivity index (χ1n) is 6.57. The molecule has 0 aliphatic rings. The first-order chi connectivity index (χ1) is 10.5. The lowest BCUT2D eigenvalue weighted by Crippen LogP contribution is -2.34. The zero-order chi connectivity index (χ0) is 16.0. The molecule has 2 aromatic carbocycles. The number of halogens is 1. The Morgan fingerprint density at radius 2 is 1.59 bits per heavy atom. The highest BCUT2D eigenvalue weighted by atomic mass is 32.2. The molecule has 0 bridgehead atoms. The molecule has 0 unspecified atom stereocenters. The minimum atomic E-state index is -3.58. The summed E-state index contributed by atoms with van der Waals surface area (Å²) in [5.74, 6) is -0.814. The summed E-state index contributed by atoms with van der Waals surface area (Å²) in [5.41, 5.74) is 0.312. The number of hydrogen-bond acceptors (Lipinski definition) is 3. The summed E-state index contributed by atoms with van der Waals surface area (Å²) >= 11 is 0. The monoisotopic (exact) mass is 322 g/mol. The van der Waals surface area contributed by atoms with E-state index in [2.05, 4.69) is 10.0 Å². The van der Waals surface area contributed by atoms with Gasteiger partial charge in [-0.25, -0.2) is 17.5 Å². The lowest BCUT2D eigenvalue weighted by Gasteiger charge is -2.08. The predicted molar refractivity (Wildman–Crippen MR) is 80.4 cm³/mol. The summed E-state index contributed by atoms with van der Waals surface area (Å²) in [6, 6.07) is 13.0. The van der Waals surface area contributed by atoms with Gasteiger partial charge in [-0.2, -0.15) is 0 Å². The van der Waals surface area contributed by atoms with Crippen molar-refractivity contribution in [2.75, 3.05) is 13.1 Å². The molecule has 0 aromatic heterocycles. The van der Waals surface area contributed by atoms with Gasteiger partial charge < -0.3 is 5.32 Å². The van der Waals surface area contributed by atoms with Crippen LogP contribution in [0.5, 0.6) is 0 Å². The van der Waals surface area contributed by atoms with Gasteiger partial charge in [0, 0.05) is 18.7 Å². The topological polar surface area (TPSA) is 75.3 Å². The molecular weight excluding hydrogens is 307 g/mol. The summed E-state index contributed by atoms with van der Waals surface area (Å²) in [6.07, 6.45) is 0. The number of rotatable bonds is 6. The average molecular weight is 322 g/mol. The Kier molecular flexibility index (Phi) is 5.24. The van der Waals surface area contributed by atoms with Gasteiger partial charge in [0.25, 0.3) is 5.91 Å². The van der Waals surface area contributed by atoms with Crippen LogP contribution >= 0.6 is 0 Å². The molecule has 0 aliphatic heterocycles. The van der Waals surface area contributed by atoms with Crippen molar-refractivity contribution in [2.24, 2.45) is 0 Å². The average Bonchev–Trinajstić information content (AvgIpc) is 2.53. The number of benzene rings is 2. The standard InChI is InChI=1S/C15H15FN2O3S/c16-13-8-6-12(7-9-13)15(19)17-10-11-18-22(20,21)14-4-2-1-3-5-14/h1-9,18H,10-11H2,(H,17,19). The van der Waals surface area contributed by atoms with Crippen LogP contribution in [0, 0.1) is 5.82 Å². The maximum atomic E-state index is 12.7. The lowest BCUT2D eigenvalue weighted by molar-refractivity contribution is 0.0954. The molecule has 2 aromatic rings. The van der Waals surface area contributed by atoms with Gasteiger partial charge in [0.1, 0.15) is 5.82 Å². The molecule has 0 spiro atoms. The Labute approximate surface area is 128 Å². The largest absolute Gasteiger partial charge is 0.351 e. The SMILES string of the molecule is O=C(NCCNS(=O)(=O)c1ccccc1)c1ccc(F)cc1. The van der Waals surface area contributed by atoms with Gasteiger partial charge in [-0.3, -0.25) is 4.79 Å². The van der Waals surface area contributed by atoms with Crippen LogP contribution in [-0.2, 0) is 10.0 Å². The Morgan fingerprint density at radius 1 is 0.955 bits per heavy atom. The molecule has 0 saturated heterocycles. The molecule has 5 nitrogen and oxygen atoms in total. The fourth-order valence-corrected chi connectivity index (χ4v) is 2.80. The van der Waals surface area contributed by atoms with Gasteiger partial charge in [-0.15, -0.1) is 0 Å². The number of hydrogen-bond donors (Lipinski definition) is 2. The van der Waals surface area contributed by atoms with Crippen molar-refractivity contribution in [3.63, 3.8) is 0 Å². The minimum absolute atomic E-state index is 0.0597. The summed E-state index contributed by atoms with van der Waals surface area (Å²) in [5, 5.41) is 2.55. The third kappa shape index (κ3) is 4.37. The van der Waals surface area contributed by atoms with Crippen molar-refractivity contribution in [3.05, 3.63) is 66.0 Å². The van der Waals surface area contributed by atoms with E-state index in [1.807, 2.05) is 0 Å². The zero-order valence-electron chi connectivity index (χ0n) is 11.6. The molecule has 0 fully saturated rings. The third-order valence-corrected chi connectivity index (χ3v) is 4.34. The van der Waals surface area contributed by atoms with Crippen molar-refractivity contribution in [1.82, 2.24) is 10.0 Å². The second-order valence-electron chi connectivity index (χ2n) is 4.47. The maximum Gasteiger partial charge on any atom is 0.251 e. The van der Waals surface area contributed by atoms with E-state index in [9.17, 15) is 17.6 Å². The van der Waals surface area contributed by atoms with Crippen LogP contribution in [0.1, 0.15) is 10.4 Å². The smallest absolute Gasteiger partial charge is 0.251 e. The van der Waals surface area contributed by atoms with Crippen molar-refractivity contribution in [2.45, 2.75) is 4.90 Å². The fourth-order valence-electron chi connectivity index (χ4n) is 1.75. The normalized spacial score (nSPS) is 11.1. The molecule has 7 heteroatoms. The van der Waals surface area contributed by atoms with Crippen LogP contribution in [0.3, 0.4) is 0 Å². The molecule has 22 heavy (non-hydrogen) atoms. The van der Waals surface area contributed by atoms with Crippen LogP contribution in [0.2, 0.25) is 0 Å². The van der Waals surface area contributed by atoms with E-state index in [1.54, 1.807) is 18.2 Å². The molecule has 0 heterocycles. The molecule has 0 radical (unpaired) electrons. The van der Waals surface area contributed by atoms with Crippen LogP contribution in [-0.4, -0.2) is 27.4 Å². The van der Waals surface area contributed by atoms with E-state index in [0.717, 1.165) is 0 Å².